The van der Waals surface area contributed by atoms with Crippen molar-refractivity contribution in [2.75, 3.05) is 17.2 Å². The number of nitrogens with zero attached hydrogens (tertiary/aromatic N) is 2. The van der Waals surface area contributed by atoms with Crippen LogP contribution >= 0.6 is 0 Å². The highest BCUT2D eigenvalue weighted by molar-refractivity contribution is 6.05. The van der Waals surface area contributed by atoms with Gasteiger partial charge in [-0.1, -0.05) is 6.07 Å². The van der Waals surface area contributed by atoms with Gasteiger partial charge in [0.25, 0.3) is 5.91 Å². The molecule has 2 N–H and O–H groups in total. The van der Waals surface area contributed by atoms with Crippen LogP contribution in [0.1, 0.15) is 30.0 Å². The Morgan fingerprint density at radius 3 is 2.58 bits per heavy atom. The fourth-order valence-electron chi connectivity index (χ4n) is 2.77. The van der Waals surface area contributed by atoms with Gasteiger partial charge >= 0.3 is 0 Å². The maximum atomic E-state index is 12.8. The number of imidazole rings is 1. The monoisotopic (exact) mass is 352 g/mol. The number of carbonyl (C=O) groups excluding carboxylic acids is 2. The molecular weight excluding hydrogens is 332 g/mol. The highest BCUT2D eigenvalue weighted by Crippen LogP contribution is 2.23. The molecule has 7 heteroatoms. The maximum Gasteiger partial charge on any atom is 0.274 e. The van der Waals surface area contributed by atoms with Crippen molar-refractivity contribution in [1.29, 1.82) is 0 Å². The van der Waals surface area contributed by atoms with Crippen LogP contribution in [0.4, 0.5) is 11.4 Å². The lowest BCUT2D eigenvalue weighted by Gasteiger charge is -2.09. The van der Waals surface area contributed by atoms with Crippen molar-refractivity contribution >= 4 is 28.8 Å². The van der Waals surface area contributed by atoms with Crippen molar-refractivity contribution in [1.82, 2.24) is 9.38 Å². The Morgan fingerprint density at radius 2 is 1.88 bits per heavy atom. The Morgan fingerprint density at radius 1 is 1.15 bits per heavy atom. The van der Waals surface area contributed by atoms with Gasteiger partial charge in [-0.05, 0) is 44.2 Å². The number of anilines is 2. The Balaban J connectivity index is 1.92. The highest BCUT2D eigenvalue weighted by Gasteiger charge is 2.19. The second-order valence-corrected chi connectivity index (χ2v) is 5.76. The van der Waals surface area contributed by atoms with Gasteiger partial charge in [0, 0.05) is 24.5 Å². The number of aryl methyl sites for hydroxylation is 1. The van der Waals surface area contributed by atoms with E-state index in [-0.39, 0.29) is 11.8 Å². The molecule has 0 aliphatic rings. The quantitative estimate of drug-likeness (QED) is 0.738. The number of benzene rings is 1. The molecule has 0 aliphatic carbocycles. The molecule has 0 saturated carbocycles. The van der Waals surface area contributed by atoms with E-state index in [2.05, 4.69) is 15.6 Å². The van der Waals surface area contributed by atoms with Gasteiger partial charge in [-0.15, -0.1) is 0 Å². The molecular formula is C19H20N4O3. The number of hydrogen-bond acceptors (Lipinski definition) is 4. The summed E-state index contributed by atoms with van der Waals surface area (Å²) >= 11 is 0. The van der Waals surface area contributed by atoms with Crippen molar-refractivity contribution < 1.29 is 14.3 Å². The van der Waals surface area contributed by atoms with Gasteiger partial charge in [-0.2, -0.15) is 0 Å². The third-order valence-electron chi connectivity index (χ3n) is 3.74. The molecule has 2 heterocycles. The Bertz CT molecular complexity index is 978. The predicted molar refractivity (Wildman–Crippen MR) is 99.8 cm³/mol. The number of pyridine rings is 1. The topological polar surface area (TPSA) is 84.7 Å². The van der Waals surface area contributed by atoms with Crippen LogP contribution in [-0.4, -0.2) is 27.8 Å². The van der Waals surface area contributed by atoms with Crippen LogP contribution in [0.15, 0.2) is 42.6 Å². The molecule has 0 spiro atoms. The number of hydrogen-bond donors (Lipinski definition) is 2. The van der Waals surface area contributed by atoms with E-state index in [0.717, 1.165) is 0 Å². The molecule has 2 amide bonds. The molecule has 0 radical (unpaired) electrons. The second kappa shape index (κ2) is 7.26. The molecule has 0 atom stereocenters. The van der Waals surface area contributed by atoms with E-state index in [1.165, 1.54) is 6.92 Å². The molecule has 0 aliphatic heterocycles. The minimum atomic E-state index is -0.288. The van der Waals surface area contributed by atoms with E-state index in [9.17, 15) is 9.59 Å². The summed E-state index contributed by atoms with van der Waals surface area (Å²) in [6.45, 7) is 5.63. The van der Waals surface area contributed by atoms with Crippen molar-refractivity contribution in [3.8, 4) is 5.75 Å². The minimum Gasteiger partial charge on any atom is -0.490 e. The van der Waals surface area contributed by atoms with Gasteiger partial charge in [0.1, 0.15) is 5.69 Å². The maximum absolute atomic E-state index is 12.8. The van der Waals surface area contributed by atoms with Crippen LogP contribution in [-0.2, 0) is 4.79 Å². The summed E-state index contributed by atoms with van der Waals surface area (Å²) in [6.07, 6.45) is 1.78. The van der Waals surface area contributed by atoms with Crippen LogP contribution in [0, 0.1) is 6.92 Å². The van der Waals surface area contributed by atoms with Crippen molar-refractivity contribution in [3.63, 3.8) is 0 Å². The van der Waals surface area contributed by atoms with Crippen molar-refractivity contribution in [3.05, 3.63) is 54.0 Å². The number of aromatic nitrogens is 2. The van der Waals surface area contributed by atoms with E-state index >= 15 is 0 Å². The Hall–Kier alpha value is -3.35. The van der Waals surface area contributed by atoms with Crippen LogP contribution in [0.25, 0.3) is 5.65 Å². The number of rotatable bonds is 5. The zero-order valence-corrected chi connectivity index (χ0v) is 14.9. The Labute approximate surface area is 151 Å². The predicted octanol–water partition coefficient (Wildman–Crippen LogP) is 3.25. The summed E-state index contributed by atoms with van der Waals surface area (Å²) in [5.41, 5.74) is 2.84. The van der Waals surface area contributed by atoms with Crippen molar-refractivity contribution in [2.45, 2.75) is 20.8 Å². The first-order chi connectivity index (χ1) is 12.5. The SMILES string of the molecule is CCOc1cccn2c(C(=O)Nc3cccc(NC(C)=O)c3)c(C)nc12. The second-order valence-electron chi connectivity index (χ2n) is 5.76. The first-order valence-electron chi connectivity index (χ1n) is 8.29. The van der Waals surface area contributed by atoms with Gasteiger partial charge in [-0.25, -0.2) is 4.98 Å². The van der Waals surface area contributed by atoms with Crippen molar-refractivity contribution in [2.24, 2.45) is 0 Å². The molecule has 0 unspecified atom stereocenters. The van der Waals surface area contributed by atoms with E-state index in [1.807, 2.05) is 19.1 Å². The molecule has 3 aromatic rings. The third kappa shape index (κ3) is 3.51. The van der Waals surface area contributed by atoms with Gasteiger partial charge < -0.3 is 15.4 Å². The number of nitrogens with one attached hydrogen (secondary N) is 2. The van der Waals surface area contributed by atoms with Gasteiger partial charge in [0.2, 0.25) is 5.91 Å². The first kappa shape index (κ1) is 17.5. The summed E-state index contributed by atoms with van der Waals surface area (Å²) in [5, 5.41) is 5.54. The largest absolute Gasteiger partial charge is 0.490 e. The van der Waals surface area contributed by atoms with E-state index < -0.39 is 0 Å². The fraction of sp³-hybridized carbons (Fsp3) is 0.211. The summed E-state index contributed by atoms with van der Waals surface area (Å²) in [4.78, 5) is 28.5. The van der Waals surface area contributed by atoms with Gasteiger partial charge in [0.15, 0.2) is 11.4 Å². The number of fused-ring (bicyclic) bond motifs is 1. The smallest absolute Gasteiger partial charge is 0.274 e. The molecule has 0 bridgehead atoms. The average Bonchev–Trinajstić information content (AvgIpc) is 2.92. The lowest BCUT2D eigenvalue weighted by Crippen LogP contribution is -2.16. The van der Waals surface area contributed by atoms with Crippen LogP contribution < -0.4 is 15.4 Å². The lowest BCUT2D eigenvalue weighted by atomic mass is 10.2. The normalized spacial score (nSPS) is 10.6. The molecule has 7 nitrogen and oxygen atoms in total. The zero-order valence-electron chi connectivity index (χ0n) is 14.9. The summed E-state index contributed by atoms with van der Waals surface area (Å²) in [7, 11) is 0. The van der Waals surface area contributed by atoms with E-state index in [4.69, 9.17) is 4.74 Å². The molecule has 2 aromatic heterocycles. The first-order valence-corrected chi connectivity index (χ1v) is 8.29. The lowest BCUT2D eigenvalue weighted by molar-refractivity contribution is -0.114. The molecule has 134 valence electrons. The van der Waals surface area contributed by atoms with Crippen LogP contribution in [0.5, 0.6) is 5.75 Å². The van der Waals surface area contributed by atoms with Crippen LogP contribution in [0.3, 0.4) is 0 Å². The fourth-order valence-corrected chi connectivity index (χ4v) is 2.77. The third-order valence-corrected chi connectivity index (χ3v) is 3.74. The number of carbonyl (C=O) groups is 2. The molecule has 0 fully saturated rings. The number of ether oxygens (including phenoxy) is 1. The van der Waals surface area contributed by atoms with E-state index in [1.54, 1.807) is 41.8 Å². The van der Waals surface area contributed by atoms with E-state index in [0.29, 0.717) is 40.8 Å². The van der Waals surface area contributed by atoms with Gasteiger partial charge in [0.05, 0.1) is 12.3 Å². The number of amides is 2. The molecule has 3 rings (SSSR count). The summed E-state index contributed by atoms with van der Waals surface area (Å²) < 4.78 is 7.30. The highest BCUT2D eigenvalue weighted by atomic mass is 16.5. The standard InChI is InChI=1S/C19H20N4O3/c1-4-26-16-9-6-10-23-17(12(2)20-18(16)23)19(25)22-15-8-5-7-14(11-15)21-13(3)24/h5-11H,4H2,1-3H3,(H,21,24)(H,22,25). The molecule has 0 saturated heterocycles. The summed E-state index contributed by atoms with van der Waals surface area (Å²) in [6, 6.07) is 10.6. The molecule has 1 aromatic carbocycles. The Kier molecular flexibility index (Phi) is 4.88. The minimum absolute atomic E-state index is 0.172. The molecule has 26 heavy (non-hydrogen) atoms. The zero-order chi connectivity index (χ0) is 18.7. The van der Waals surface area contributed by atoms with Gasteiger partial charge in [-0.3, -0.25) is 14.0 Å². The average molecular weight is 352 g/mol. The van der Waals surface area contributed by atoms with Crippen LogP contribution in [0.2, 0.25) is 0 Å². The summed E-state index contributed by atoms with van der Waals surface area (Å²) in [5.74, 6) is 0.169.